The Kier molecular flexibility index (Phi) is 4.86. The van der Waals surface area contributed by atoms with Gasteiger partial charge in [0.1, 0.15) is 5.75 Å². The number of fused-ring (bicyclic) bond motifs is 3. The minimum atomic E-state index is -0.228. The number of aromatic nitrogens is 1. The average Bonchev–Trinajstić information content (AvgIpc) is 3.08. The minimum absolute atomic E-state index is 0.0247. The second-order valence-corrected chi connectivity index (χ2v) is 6.94. The largest absolute Gasteiger partial charge is 0.483 e. The minimum Gasteiger partial charge on any atom is -0.483 e. The number of nitrogens with one attached hydrogen (secondary N) is 1. The first-order valence-electron chi connectivity index (χ1n) is 9.40. The van der Waals surface area contributed by atoms with Gasteiger partial charge >= 0.3 is 0 Å². The van der Waals surface area contributed by atoms with Crippen LogP contribution < -0.4 is 4.74 Å². The molecule has 4 rings (SSSR count). The second-order valence-electron chi connectivity index (χ2n) is 6.94. The number of para-hydroxylation sites is 2. The monoisotopic (exact) mass is 364 g/mol. The van der Waals surface area contributed by atoms with Crippen LogP contribution in [-0.4, -0.2) is 40.2 Å². The Balaban J connectivity index is 1.53. The van der Waals surface area contributed by atoms with Crippen molar-refractivity contribution in [2.75, 3.05) is 13.2 Å². The van der Waals surface area contributed by atoms with Gasteiger partial charge in [-0.3, -0.25) is 4.79 Å². The van der Waals surface area contributed by atoms with E-state index >= 15 is 0 Å². The van der Waals surface area contributed by atoms with E-state index in [0.29, 0.717) is 13.0 Å². The van der Waals surface area contributed by atoms with E-state index in [1.807, 2.05) is 42.5 Å². The van der Waals surface area contributed by atoms with E-state index in [2.05, 4.69) is 18.0 Å². The lowest BCUT2D eigenvalue weighted by atomic mass is 9.97. The number of aromatic amines is 1. The van der Waals surface area contributed by atoms with Crippen molar-refractivity contribution in [1.29, 1.82) is 0 Å². The van der Waals surface area contributed by atoms with Crippen LogP contribution in [0.3, 0.4) is 0 Å². The van der Waals surface area contributed by atoms with E-state index in [9.17, 15) is 9.90 Å². The van der Waals surface area contributed by atoms with Crippen LogP contribution in [-0.2, 0) is 24.2 Å². The van der Waals surface area contributed by atoms with Gasteiger partial charge in [0, 0.05) is 16.6 Å². The molecule has 5 heteroatoms. The summed E-state index contributed by atoms with van der Waals surface area (Å²) in [7, 11) is 0. The molecule has 0 aliphatic carbocycles. The molecular weight excluding hydrogens is 340 g/mol. The first kappa shape index (κ1) is 17.6. The third-order valence-corrected chi connectivity index (χ3v) is 5.35. The molecule has 0 saturated heterocycles. The third-order valence-electron chi connectivity index (χ3n) is 5.35. The molecule has 1 amide bonds. The summed E-state index contributed by atoms with van der Waals surface area (Å²) < 4.78 is 5.80. The number of benzene rings is 2. The van der Waals surface area contributed by atoms with Crippen LogP contribution in [0.4, 0.5) is 0 Å². The zero-order valence-corrected chi connectivity index (χ0v) is 15.4. The molecule has 2 N–H and O–H groups in total. The summed E-state index contributed by atoms with van der Waals surface area (Å²) in [5.74, 6) is 0.640. The summed E-state index contributed by atoms with van der Waals surface area (Å²) in [6, 6.07) is 15.7. The number of H-pyrrole nitrogens is 1. The van der Waals surface area contributed by atoms with Crippen molar-refractivity contribution in [3.05, 3.63) is 65.4 Å². The van der Waals surface area contributed by atoms with Crippen LogP contribution in [0.5, 0.6) is 5.75 Å². The Morgan fingerprint density at radius 2 is 2.00 bits per heavy atom. The van der Waals surface area contributed by atoms with Crippen molar-refractivity contribution in [3.8, 4) is 5.75 Å². The summed E-state index contributed by atoms with van der Waals surface area (Å²) in [6.45, 7) is 2.44. The number of ether oxygens (including phenoxy) is 1. The van der Waals surface area contributed by atoms with Gasteiger partial charge in [-0.1, -0.05) is 43.3 Å². The quantitative estimate of drug-likeness (QED) is 0.731. The molecule has 2 aromatic carbocycles. The molecule has 2 heterocycles. The van der Waals surface area contributed by atoms with Crippen molar-refractivity contribution in [2.24, 2.45) is 0 Å². The number of aryl methyl sites for hydroxylation is 1. The van der Waals surface area contributed by atoms with Crippen LogP contribution in [0.1, 0.15) is 23.7 Å². The summed E-state index contributed by atoms with van der Waals surface area (Å²) >= 11 is 0. The smallest absolute Gasteiger partial charge is 0.261 e. The van der Waals surface area contributed by atoms with Gasteiger partial charge in [-0.25, -0.2) is 0 Å². The topological polar surface area (TPSA) is 65.6 Å². The fourth-order valence-electron chi connectivity index (χ4n) is 3.88. The first-order chi connectivity index (χ1) is 13.2. The number of carbonyl (C=O) groups is 1. The van der Waals surface area contributed by atoms with Crippen molar-refractivity contribution in [1.82, 2.24) is 9.88 Å². The molecule has 1 atom stereocenters. The standard InChI is InChI=1S/C22H24N2O3/c1-2-15-7-3-6-10-21(15)27-14-22(26)24-12-20-18(11-16(24)13-25)17-8-4-5-9-19(17)23-20/h3-10,16,23,25H,2,11-14H2,1H3. The summed E-state index contributed by atoms with van der Waals surface area (Å²) in [4.78, 5) is 18.0. The Morgan fingerprint density at radius 1 is 1.22 bits per heavy atom. The number of aliphatic hydroxyl groups is 1. The highest BCUT2D eigenvalue weighted by Crippen LogP contribution is 2.30. The van der Waals surface area contributed by atoms with Gasteiger partial charge in [-0.05, 0) is 36.1 Å². The molecule has 0 spiro atoms. The van der Waals surface area contributed by atoms with Crippen molar-refractivity contribution in [2.45, 2.75) is 32.4 Å². The van der Waals surface area contributed by atoms with Gasteiger partial charge in [-0.2, -0.15) is 0 Å². The maximum Gasteiger partial charge on any atom is 0.261 e. The highest BCUT2D eigenvalue weighted by Gasteiger charge is 2.31. The van der Waals surface area contributed by atoms with Crippen molar-refractivity contribution < 1.29 is 14.6 Å². The van der Waals surface area contributed by atoms with Crippen LogP contribution in [0.15, 0.2) is 48.5 Å². The maximum absolute atomic E-state index is 12.8. The lowest BCUT2D eigenvalue weighted by molar-refractivity contribution is -0.138. The number of hydrogen-bond donors (Lipinski definition) is 2. The molecule has 0 radical (unpaired) electrons. The van der Waals surface area contributed by atoms with Gasteiger partial charge in [0.05, 0.1) is 19.2 Å². The fourth-order valence-corrected chi connectivity index (χ4v) is 3.88. The SMILES string of the molecule is CCc1ccccc1OCC(=O)N1Cc2[nH]c3ccccc3c2CC1CO. The summed E-state index contributed by atoms with van der Waals surface area (Å²) in [5.41, 5.74) is 4.40. The average molecular weight is 364 g/mol. The zero-order chi connectivity index (χ0) is 18.8. The number of nitrogens with zero attached hydrogens (tertiary/aromatic N) is 1. The van der Waals surface area contributed by atoms with Crippen molar-refractivity contribution in [3.63, 3.8) is 0 Å². The fraction of sp³-hybridized carbons (Fsp3) is 0.318. The van der Waals surface area contributed by atoms with E-state index in [1.54, 1.807) is 4.90 Å². The molecule has 0 bridgehead atoms. The lowest BCUT2D eigenvalue weighted by Gasteiger charge is -2.34. The van der Waals surface area contributed by atoms with Gasteiger partial charge in [0.15, 0.2) is 6.61 Å². The third kappa shape index (κ3) is 3.30. The Bertz CT molecular complexity index is 963. The molecule has 1 aromatic heterocycles. The van der Waals surface area contributed by atoms with Gasteiger partial charge < -0.3 is 19.7 Å². The van der Waals surface area contributed by atoms with E-state index in [0.717, 1.165) is 28.9 Å². The van der Waals surface area contributed by atoms with Crippen molar-refractivity contribution >= 4 is 16.8 Å². The zero-order valence-electron chi connectivity index (χ0n) is 15.4. The Morgan fingerprint density at radius 3 is 2.81 bits per heavy atom. The molecule has 0 saturated carbocycles. The van der Waals surface area contributed by atoms with E-state index in [1.165, 1.54) is 10.9 Å². The van der Waals surface area contributed by atoms with Crippen LogP contribution in [0.25, 0.3) is 10.9 Å². The number of hydrogen-bond acceptors (Lipinski definition) is 3. The Labute approximate surface area is 158 Å². The van der Waals surface area contributed by atoms with E-state index < -0.39 is 0 Å². The molecule has 3 aromatic rings. The molecule has 1 unspecified atom stereocenters. The molecule has 0 fully saturated rings. The molecule has 27 heavy (non-hydrogen) atoms. The predicted octanol–water partition coefficient (Wildman–Crippen LogP) is 3.05. The molecular formula is C22H24N2O3. The molecule has 5 nitrogen and oxygen atoms in total. The number of amides is 1. The normalized spacial score (nSPS) is 16.4. The first-order valence-corrected chi connectivity index (χ1v) is 9.40. The molecule has 1 aliphatic heterocycles. The highest BCUT2D eigenvalue weighted by molar-refractivity contribution is 5.86. The number of rotatable bonds is 5. The molecule has 140 valence electrons. The second kappa shape index (κ2) is 7.45. The van der Waals surface area contributed by atoms with Crippen LogP contribution in [0, 0.1) is 0 Å². The number of carbonyl (C=O) groups excluding carboxylic acids is 1. The van der Waals surface area contributed by atoms with Gasteiger partial charge in [0.2, 0.25) is 0 Å². The number of aliphatic hydroxyl groups excluding tert-OH is 1. The summed E-state index contributed by atoms with van der Waals surface area (Å²) in [5, 5.41) is 11.0. The highest BCUT2D eigenvalue weighted by atomic mass is 16.5. The van der Waals surface area contributed by atoms with Gasteiger partial charge in [-0.15, -0.1) is 0 Å². The Hall–Kier alpha value is -2.79. The van der Waals surface area contributed by atoms with Gasteiger partial charge in [0.25, 0.3) is 5.91 Å². The van der Waals surface area contributed by atoms with Crippen LogP contribution in [0.2, 0.25) is 0 Å². The van der Waals surface area contributed by atoms with E-state index in [-0.39, 0.29) is 25.2 Å². The van der Waals surface area contributed by atoms with Crippen LogP contribution >= 0.6 is 0 Å². The summed E-state index contributed by atoms with van der Waals surface area (Å²) in [6.07, 6.45) is 1.50. The molecule has 1 aliphatic rings. The predicted molar refractivity (Wildman–Crippen MR) is 105 cm³/mol. The maximum atomic E-state index is 12.8. The lowest BCUT2D eigenvalue weighted by Crippen LogP contribution is -2.48. The van der Waals surface area contributed by atoms with E-state index in [4.69, 9.17) is 4.74 Å².